The summed E-state index contributed by atoms with van der Waals surface area (Å²) in [5, 5.41) is 10.9. The van der Waals surface area contributed by atoms with E-state index in [9.17, 15) is 0 Å². The van der Waals surface area contributed by atoms with E-state index < -0.39 is 0 Å². The molecule has 1 aromatic heterocycles. The van der Waals surface area contributed by atoms with E-state index in [1.807, 2.05) is 0 Å². The van der Waals surface area contributed by atoms with Gasteiger partial charge in [0.1, 0.15) is 0 Å². The molecule has 0 aromatic carbocycles. The Morgan fingerprint density at radius 3 is 2.76 bits per heavy atom. The third-order valence-electron chi connectivity index (χ3n) is 4.12. The highest BCUT2D eigenvalue weighted by atomic mass is 32.1. The Kier molecular flexibility index (Phi) is 6.72. The molecule has 1 fully saturated rings. The Morgan fingerprint density at radius 2 is 2.10 bits per heavy atom. The monoisotopic (exact) mass is 306 g/mol. The van der Waals surface area contributed by atoms with Crippen LogP contribution in [0, 0.1) is 11.8 Å². The maximum absolute atomic E-state index is 8.73. The van der Waals surface area contributed by atoms with E-state index in [4.69, 9.17) is 5.11 Å². The number of rotatable bonds is 5. The van der Waals surface area contributed by atoms with Crippen LogP contribution < -0.4 is 0 Å². The largest absolute Gasteiger partial charge is 0.395 e. The molecule has 3 nitrogen and oxygen atoms in total. The Labute approximate surface area is 132 Å². The first-order valence-corrected chi connectivity index (χ1v) is 8.74. The second kappa shape index (κ2) is 8.55. The van der Waals surface area contributed by atoms with Crippen LogP contribution in [-0.4, -0.2) is 53.7 Å². The Hall–Kier alpha value is -0.860. The first-order valence-electron chi connectivity index (χ1n) is 7.86. The summed E-state index contributed by atoms with van der Waals surface area (Å²) in [6.45, 7) is 10.5. The standard InChI is InChI=1S/C17H26N2OS/c1-3-15(2)19-9-7-18(8-10-19)13-17-12-16(14-21-17)6-4-5-11-20/h12,14-15,20H,3,5,7-11,13H2,1-2H3. The summed E-state index contributed by atoms with van der Waals surface area (Å²) in [7, 11) is 0. The van der Waals surface area contributed by atoms with Crippen LogP contribution in [0.5, 0.6) is 0 Å². The topological polar surface area (TPSA) is 26.7 Å². The van der Waals surface area contributed by atoms with Gasteiger partial charge in [-0.2, -0.15) is 0 Å². The fraction of sp³-hybridized carbons (Fsp3) is 0.647. The van der Waals surface area contributed by atoms with Crippen molar-refractivity contribution in [2.75, 3.05) is 32.8 Å². The summed E-state index contributed by atoms with van der Waals surface area (Å²) in [6.07, 6.45) is 1.80. The normalized spacial score (nSPS) is 18.2. The van der Waals surface area contributed by atoms with Gasteiger partial charge in [0.25, 0.3) is 0 Å². The number of aliphatic hydroxyl groups is 1. The van der Waals surface area contributed by atoms with Crippen molar-refractivity contribution in [1.82, 2.24) is 9.80 Å². The van der Waals surface area contributed by atoms with Crippen LogP contribution in [0.2, 0.25) is 0 Å². The zero-order valence-corrected chi connectivity index (χ0v) is 14.0. The van der Waals surface area contributed by atoms with Crippen molar-refractivity contribution in [2.24, 2.45) is 0 Å². The van der Waals surface area contributed by atoms with Crippen LogP contribution in [0.1, 0.15) is 37.1 Å². The lowest BCUT2D eigenvalue weighted by atomic mass is 10.2. The molecule has 0 radical (unpaired) electrons. The van der Waals surface area contributed by atoms with E-state index in [2.05, 4.69) is 46.9 Å². The van der Waals surface area contributed by atoms with Gasteiger partial charge in [-0.15, -0.1) is 11.3 Å². The van der Waals surface area contributed by atoms with Crippen molar-refractivity contribution in [3.8, 4) is 11.8 Å². The van der Waals surface area contributed by atoms with E-state index in [1.54, 1.807) is 11.3 Å². The van der Waals surface area contributed by atoms with Crippen molar-refractivity contribution < 1.29 is 5.11 Å². The quantitative estimate of drug-likeness (QED) is 0.846. The molecule has 0 amide bonds. The molecule has 2 rings (SSSR count). The number of aliphatic hydroxyl groups excluding tert-OH is 1. The number of piperazine rings is 1. The predicted octanol–water partition coefficient (Wildman–Crippen LogP) is 2.40. The molecule has 0 saturated carbocycles. The minimum absolute atomic E-state index is 0.143. The number of nitrogens with zero attached hydrogens (tertiary/aromatic N) is 2. The maximum Gasteiger partial charge on any atom is 0.0540 e. The molecule has 0 aliphatic carbocycles. The van der Waals surface area contributed by atoms with Gasteiger partial charge in [-0.3, -0.25) is 9.80 Å². The van der Waals surface area contributed by atoms with Gasteiger partial charge < -0.3 is 5.11 Å². The van der Waals surface area contributed by atoms with Crippen molar-refractivity contribution in [1.29, 1.82) is 0 Å². The molecule has 1 atom stereocenters. The first-order chi connectivity index (χ1) is 10.2. The molecule has 116 valence electrons. The van der Waals surface area contributed by atoms with Gasteiger partial charge in [0.15, 0.2) is 0 Å². The molecule has 1 aromatic rings. The zero-order valence-electron chi connectivity index (χ0n) is 13.1. The average molecular weight is 306 g/mol. The fourth-order valence-corrected chi connectivity index (χ4v) is 3.45. The van der Waals surface area contributed by atoms with Crippen molar-refractivity contribution in [2.45, 2.75) is 39.3 Å². The predicted molar refractivity (Wildman–Crippen MR) is 89.5 cm³/mol. The fourth-order valence-electron chi connectivity index (χ4n) is 2.59. The van der Waals surface area contributed by atoms with Crippen molar-refractivity contribution in [3.05, 3.63) is 21.9 Å². The van der Waals surface area contributed by atoms with Crippen molar-refractivity contribution in [3.63, 3.8) is 0 Å². The van der Waals surface area contributed by atoms with E-state index in [0.717, 1.165) is 25.2 Å². The zero-order chi connectivity index (χ0) is 15.1. The molecule has 2 heterocycles. The highest BCUT2D eigenvalue weighted by molar-refractivity contribution is 7.10. The van der Waals surface area contributed by atoms with E-state index in [1.165, 1.54) is 24.4 Å². The molecule has 1 N–H and O–H groups in total. The van der Waals surface area contributed by atoms with Crippen molar-refractivity contribution >= 4 is 11.3 Å². The summed E-state index contributed by atoms with van der Waals surface area (Å²) in [5.74, 6) is 6.09. The molecule has 0 bridgehead atoms. The highest BCUT2D eigenvalue weighted by Gasteiger charge is 2.20. The smallest absolute Gasteiger partial charge is 0.0540 e. The van der Waals surface area contributed by atoms with Gasteiger partial charge in [0.05, 0.1) is 6.61 Å². The number of thiophene rings is 1. The first kappa shape index (κ1) is 16.5. The van der Waals surface area contributed by atoms with Gasteiger partial charge in [-0.1, -0.05) is 18.8 Å². The Balaban J connectivity index is 1.80. The van der Waals surface area contributed by atoms with E-state index in [0.29, 0.717) is 12.5 Å². The van der Waals surface area contributed by atoms with Gasteiger partial charge in [0, 0.05) is 61.0 Å². The van der Waals surface area contributed by atoms with Crippen LogP contribution in [0.4, 0.5) is 0 Å². The van der Waals surface area contributed by atoms with Gasteiger partial charge in [-0.25, -0.2) is 0 Å². The molecule has 1 saturated heterocycles. The van der Waals surface area contributed by atoms with Gasteiger partial charge >= 0.3 is 0 Å². The van der Waals surface area contributed by atoms with Gasteiger partial charge in [-0.05, 0) is 19.4 Å². The lowest BCUT2D eigenvalue weighted by Crippen LogP contribution is -2.48. The SMILES string of the molecule is CCC(C)N1CCN(Cc2cc(C#CCCO)cs2)CC1. The third kappa shape index (κ3) is 5.12. The van der Waals surface area contributed by atoms with Crippen LogP contribution in [0.15, 0.2) is 11.4 Å². The summed E-state index contributed by atoms with van der Waals surface area (Å²) >= 11 is 1.79. The summed E-state index contributed by atoms with van der Waals surface area (Å²) < 4.78 is 0. The Morgan fingerprint density at radius 1 is 1.33 bits per heavy atom. The van der Waals surface area contributed by atoms with Gasteiger partial charge in [0.2, 0.25) is 0 Å². The van der Waals surface area contributed by atoms with E-state index >= 15 is 0 Å². The second-order valence-electron chi connectivity index (χ2n) is 5.65. The molecular weight excluding hydrogens is 280 g/mol. The minimum Gasteiger partial charge on any atom is -0.395 e. The molecule has 1 aliphatic heterocycles. The lowest BCUT2D eigenvalue weighted by molar-refractivity contribution is 0.0970. The van der Waals surface area contributed by atoms with Crippen LogP contribution in [0.25, 0.3) is 0 Å². The molecule has 21 heavy (non-hydrogen) atoms. The second-order valence-corrected chi connectivity index (χ2v) is 6.64. The summed E-state index contributed by atoms with van der Waals surface area (Å²) in [4.78, 5) is 6.52. The average Bonchev–Trinajstić information content (AvgIpc) is 2.95. The molecule has 1 unspecified atom stereocenters. The molecule has 4 heteroatoms. The molecular formula is C17H26N2OS. The lowest BCUT2D eigenvalue weighted by Gasteiger charge is -2.37. The molecule has 1 aliphatic rings. The minimum atomic E-state index is 0.143. The Bertz CT molecular complexity index is 480. The summed E-state index contributed by atoms with van der Waals surface area (Å²) in [6, 6.07) is 2.90. The highest BCUT2D eigenvalue weighted by Crippen LogP contribution is 2.18. The maximum atomic E-state index is 8.73. The number of hydrogen-bond acceptors (Lipinski definition) is 4. The van der Waals surface area contributed by atoms with Crippen LogP contribution >= 0.6 is 11.3 Å². The molecule has 0 spiro atoms. The number of hydrogen-bond donors (Lipinski definition) is 1. The van der Waals surface area contributed by atoms with E-state index in [-0.39, 0.29) is 6.61 Å². The third-order valence-corrected chi connectivity index (χ3v) is 5.05. The van der Waals surface area contributed by atoms with Crippen LogP contribution in [0.3, 0.4) is 0 Å². The van der Waals surface area contributed by atoms with Crippen LogP contribution in [-0.2, 0) is 6.54 Å². The summed E-state index contributed by atoms with van der Waals surface area (Å²) in [5.41, 5.74) is 1.08.